The number of aryl methyl sites for hydroxylation is 2. The summed E-state index contributed by atoms with van der Waals surface area (Å²) in [4.78, 5) is 2.19. The zero-order chi connectivity index (χ0) is 15.4. The van der Waals surface area contributed by atoms with Crippen molar-refractivity contribution in [2.75, 3.05) is 17.2 Å². The lowest BCUT2D eigenvalue weighted by molar-refractivity contribution is 0.685. The molecule has 110 valence electrons. The minimum Gasteiger partial charge on any atom is -0.399 e. The topological polar surface area (TPSA) is 70.9 Å². The van der Waals surface area contributed by atoms with E-state index in [-0.39, 0.29) is 0 Å². The molecule has 0 unspecified atom stereocenters. The first-order valence-corrected chi connectivity index (χ1v) is 7.09. The predicted octanol–water partition coefficient (Wildman–Crippen LogP) is 2.60. The molecule has 0 saturated carbocycles. The Bertz CT molecular complexity index is 666. The second-order valence-electron chi connectivity index (χ2n) is 5.19. The number of nitrogens with zero attached hydrogens (tertiary/aromatic N) is 4. The van der Waals surface area contributed by atoms with Gasteiger partial charge in [-0.3, -0.25) is 4.68 Å². The Morgan fingerprint density at radius 2 is 2.19 bits per heavy atom. The van der Waals surface area contributed by atoms with E-state index in [2.05, 4.69) is 23.0 Å². The van der Waals surface area contributed by atoms with Gasteiger partial charge in [0, 0.05) is 25.8 Å². The third-order valence-electron chi connectivity index (χ3n) is 3.42. The Morgan fingerprint density at radius 3 is 2.81 bits per heavy atom. The lowest BCUT2D eigenvalue weighted by Gasteiger charge is -2.24. The summed E-state index contributed by atoms with van der Waals surface area (Å²) in [6, 6.07) is 10.1. The average Bonchev–Trinajstić information content (AvgIpc) is 2.72. The molecule has 5 nitrogen and oxygen atoms in total. The fourth-order valence-electron chi connectivity index (χ4n) is 2.58. The fourth-order valence-corrected chi connectivity index (χ4v) is 2.58. The van der Waals surface area contributed by atoms with Crippen molar-refractivity contribution in [3.63, 3.8) is 0 Å². The molecule has 1 aromatic carbocycles. The molecule has 0 atom stereocenters. The summed E-state index contributed by atoms with van der Waals surface area (Å²) in [6.07, 6.45) is 0.997. The van der Waals surface area contributed by atoms with Crippen molar-refractivity contribution in [2.45, 2.75) is 26.8 Å². The molecule has 0 amide bonds. The molecule has 0 spiro atoms. The molecule has 0 radical (unpaired) electrons. The molecule has 1 heterocycles. The SMILES string of the molecule is CCCN(Cc1cccc(N)c1)c1c(C#N)c(C)nn1C. The molecule has 0 saturated heterocycles. The molecule has 2 aromatic rings. The van der Waals surface area contributed by atoms with E-state index in [0.29, 0.717) is 12.1 Å². The molecular formula is C16H21N5. The van der Waals surface area contributed by atoms with Crippen molar-refractivity contribution in [3.8, 4) is 6.07 Å². The van der Waals surface area contributed by atoms with Crippen LogP contribution in [0.4, 0.5) is 11.5 Å². The maximum atomic E-state index is 9.39. The van der Waals surface area contributed by atoms with Crippen molar-refractivity contribution in [2.24, 2.45) is 7.05 Å². The largest absolute Gasteiger partial charge is 0.399 e. The lowest BCUT2D eigenvalue weighted by atomic mass is 10.1. The maximum absolute atomic E-state index is 9.39. The van der Waals surface area contributed by atoms with Gasteiger partial charge >= 0.3 is 0 Å². The van der Waals surface area contributed by atoms with Gasteiger partial charge in [-0.25, -0.2) is 0 Å². The van der Waals surface area contributed by atoms with Gasteiger partial charge in [0.1, 0.15) is 17.5 Å². The van der Waals surface area contributed by atoms with Crippen LogP contribution in [0.1, 0.15) is 30.2 Å². The van der Waals surface area contributed by atoms with Crippen LogP contribution in [0.5, 0.6) is 0 Å². The molecule has 5 heteroatoms. The first-order chi connectivity index (χ1) is 10.1. The van der Waals surface area contributed by atoms with E-state index in [1.807, 2.05) is 38.2 Å². The minimum absolute atomic E-state index is 0.648. The highest BCUT2D eigenvalue weighted by molar-refractivity contribution is 5.57. The highest BCUT2D eigenvalue weighted by Crippen LogP contribution is 2.24. The molecule has 2 N–H and O–H groups in total. The minimum atomic E-state index is 0.648. The summed E-state index contributed by atoms with van der Waals surface area (Å²) in [7, 11) is 1.88. The van der Waals surface area contributed by atoms with Crippen molar-refractivity contribution in [1.29, 1.82) is 5.26 Å². The van der Waals surface area contributed by atoms with E-state index in [9.17, 15) is 5.26 Å². The van der Waals surface area contributed by atoms with Crippen molar-refractivity contribution in [1.82, 2.24) is 9.78 Å². The molecule has 21 heavy (non-hydrogen) atoms. The van der Waals surface area contributed by atoms with Gasteiger partial charge in [-0.05, 0) is 31.0 Å². The standard InChI is InChI=1S/C16H21N5/c1-4-8-21(11-13-6-5-7-14(18)9-13)16-15(10-17)12(2)19-20(16)3/h5-7,9H,4,8,11,18H2,1-3H3. The summed E-state index contributed by atoms with van der Waals surface area (Å²) in [5, 5.41) is 13.8. The highest BCUT2D eigenvalue weighted by Gasteiger charge is 2.19. The molecule has 0 aliphatic rings. The molecule has 0 fully saturated rings. The van der Waals surface area contributed by atoms with Crippen LogP contribution in [0.15, 0.2) is 24.3 Å². The Morgan fingerprint density at radius 1 is 1.43 bits per heavy atom. The summed E-state index contributed by atoms with van der Waals surface area (Å²) < 4.78 is 1.79. The van der Waals surface area contributed by atoms with Crippen molar-refractivity contribution in [3.05, 3.63) is 41.1 Å². The van der Waals surface area contributed by atoms with Gasteiger partial charge in [0.25, 0.3) is 0 Å². The van der Waals surface area contributed by atoms with E-state index in [1.54, 1.807) is 4.68 Å². The van der Waals surface area contributed by atoms with Crippen LogP contribution < -0.4 is 10.6 Å². The van der Waals surface area contributed by atoms with E-state index >= 15 is 0 Å². The van der Waals surface area contributed by atoms with Gasteiger partial charge in [-0.15, -0.1) is 0 Å². The van der Waals surface area contributed by atoms with Gasteiger partial charge in [0.2, 0.25) is 0 Å². The van der Waals surface area contributed by atoms with Crippen LogP contribution in [0, 0.1) is 18.3 Å². The number of rotatable bonds is 5. The number of hydrogen-bond acceptors (Lipinski definition) is 4. The van der Waals surface area contributed by atoms with Crippen molar-refractivity contribution < 1.29 is 0 Å². The Kier molecular flexibility index (Phi) is 4.49. The average molecular weight is 283 g/mol. The normalized spacial score (nSPS) is 10.4. The van der Waals surface area contributed by atoms with Gasteiger partial charge in [-0.1, -0.05) is 19.1 Å². The lowest BCUT2D eigenvalue weighted by Crippen LogP contribution is -2.26. The molecule has 1 aromatic heterocycles. The number of aromatic nitrogens is 2. The fraction of sp³-hybridized carbons (Fsp3) is 0.375. The smallest absolute Gasteiger partial charge is 0.145 e. The van der Waals surface area contributed by atoms with Gasteiger partial charge < -0.3 is 10.6 Å². The van der Waals surface area contributed by atoms with E-state index < -0.39 is 0 Å². The Hall–Kier alpha value is -2.48. The van der Waals surface area contributed by atoms with Crippen LogP contribution in [0.3, 0.4) is 0 Å². The van der Waals surface area contributed by atoms with Crippen LogP contribution in [0.2, 0.25) is 0 Å². The van der Waals surface area contributed by atoms with Crippen LogP contribution >= 0.6 is 0 Å². The highest BCUT2D eigenvalue weighted by atomic mass is 15.4. The second kappa shape index (κ2) is 6.31. The number of hydrogen-bond donors (Lipinski definition) is 1. The molecule has 2 rings (SSSR count). The summed E-state index contributed by atoms with van der Waals surface area (Å²) in [5.74, 6) is 0.874. The van der Waals surface area contributed by atoms with E-state index in [1.165, 1.54) is 0 Å². The van der Waals surface area contributed by atoms with Gasteiger partial charge in [0.05, 0.1) is 5.69 Å². The molecule has 0 aliphatic heterocycles. The van der Waals surface area contributed by atoms with E-state index in [0.717, 1.165) is 35.7 Å². The monoisotopic (exact) mass is 283 g/mol. The van der Waals surface area contributed by atoms with Crippen LogP contribution in [-0.4, -0.2) is 16.3 Å². The maximum Gasteiger partial charge on any atom is 0.145 e. The number of nitrogen functional groups attached to an aromatic ring is 1. The molecule has 0 aliphatic carbocycles. The number of anilines is 2. The first kappa shape index (κ1) is 14.9. The number of benzene rings is 1. The quantitative estimate of drug-likeness (QED) is 0.856. The molecule has 0 bridgehead atoms. The predicted molar refractivity (Wildman–Crippen MR) is 84.9 cm³/mol. The van der Waals surface area contributed by atoms with Gasteiger partial charge in [0.15, 0.2) is 0 Å². The summed E-state index contributed by atoms with van der Waals surface area (Å²) in [6.45, 7) is 5.57. The zero-order valence-corrected chi connectivity index (χ0v) is 12.8. The third-order valence-corrected chi connectivity index (χ3v) is 3.42. The van der Waals surface area contributed by atoms with Gasteiger partial charge in [-0.2, -0.15) is 10.4 Å². The zero-order valence-electron chi connectivity index (χ0n) is 12.8. The van der Waals surface area contributed by atoms with Crippen molar-refractivity contribution >= 4 is 11.5 Å². The first-order valence-electron chi connectivity index (χ1n) is 7.09. The molecular weight excluding hydrogens is 262 g/mol. The summed E-state index contributed by atoms with van der Waals surface area (Å²) >= 11 is 0. The summed E-state index contributed by atoms with van der Waals surface area (Å²) in [5.41, 5.74) is 9.15. The Balaban J connectivity index is 2.38. The Labute approximate surface area is 125 Å². The second-order valence-corrected chi connectivity index (χ2v) is 5.19. The third kappa shape index (κ3) is 3.16. The van der Waals surface area contributed by atoms with Crippen LogP contribution in [0.25, 0.3) is 0 Å². The van der Waals surface area contributed by atoms with E-state index in [4.69, 9.17) is 5.73 Å². The number of nitriles is 1. The van der Waals surface area contributed by atoms with Crippen LogP contribution in [-0.2, 0) is 13.6 Å². The number of nitrogens with two attached hydrogens (primary N) is 1.